The summed E-state index contributed by atoms with van der Waals surface area (Å²) in [4.78, 5) is 35.8. The maximum atomic E-state index is 12.7. The van der Waals surface area contributed by atoms with Crippen molar-refractivity contribution in [3.8, 4) is 23.3 Å². The highest BCUT2D eigenvalue weighted by molar-refractivity contribution is 9.10. The summed E-state index contributed by atoms with van der Waals surface area (Å²) >= 11 is 9.39. The van der Waals surface area contributed by atoms with Gasteiger partial charge in [-0.25, -0.2) is 4.79 Å². The molecule has 12 heteroatoms. The highest BCUT2D eigenvalue weighted by atomic mass is 79.9. The van der Waals surface area contributed by atoms with Crippen LogP contribution in [-0.2, 0) is 4.79 Å². The maximum Gasteiger partial charge on any atom is 0.343 e. The van der Waals surface area contributed by atoms with Crippen molar-refractivity contribution in [1.29, 1.82) is 5.26 Å². The topological polar surface area (TPSA) is 141 Å². The van der Waals surface area contributed by atoms with Gasteiger partial charge in [-0.2, -0.15) is 5.26 Å². The van der Waals surface area contributed by atoms with E-state index in [1.807, 2.05) is 0 Å². The van der Waals surface area contributed by atoms with Gasteiger partial charge in [-0.1, -0.05) is 11.6 Å². The van der Waals surface area contributed by atoms with Crippen LogP contribution in [0.25, 0.3) is 6.08 Å². The number of carbonyl (C=O) groups is 2. The number of carbonyl (C=O) groups excluding carboxylic acids is 2. The minimum atomic E-state index is -0.834. The molecule has 0 saturated carbocycles. The van der Waals surface area contributed by atoms with E-state index in [2.05, 4.69) is 21.2 Å². The molecule has 10 nitrogen and oxygen atoms in total. The molecule has 3 rings (SSSR count). The molecule has 0 spiro atoms. The molecule has 1 N–H and O–H groups in total. The van der Waals surface area contributed by atoms with E-state index in [4.69, 9.17) is 25.8 Å². The summed E-state index contributed by atoms with van der Waals surface area (Å²) in [6.45, 7) is 1.98. The molecule has 0 aliphatic heterocycles. The predicted octanol–water partition coefficient (Wildman–Crippen LogP) is 6.18. The Labute approximate surface area is 230 Å². The van der Waals surface area contributed by atoms with Crippen LogP contribution in [0.2, 0.25) is 5.02 Å². The van der Waals surface area contributed by atoms with Crippen LogP contribution in [-0.4, -0.2) is 30.5 Å². The second-order valence-electron chi connectivity index (χ2n) is 7.43. The lowest BCUT2D eigenvalue weighted by Gasteiger charge is -2.14. The van der Waals surface area contributed by atoms with Gasteiger partial charge in [-0.05, 0) is 77.0 Å². The molecule has 38 heavy (non-hydrogen) atoms. The van der Waals surface area contributed by atoms with Gasteiger partial charge in [0.25, 0.3) is 11.6 Å². The molecule has 0 saturated heterocycles. The number of nitro groups is 1. The van der Waals surface area contributed by atoms with E-state index in [9.17, 15) is 25.0 Å². The van der Waals surface area contributed by atoms with E-state index in [1.165, 1.54) is 37.5 Å². The minimum absolute atomic E-state index is 0.0241. The lowest BCUT2D eigenvalue weighted by atomic mass is 10.1. The van der Waals surface area contributed by atoms with Crippen molar-refractivity contribution in [2.24, 2.45) is 0 Å². The van der Waals surface area contributed by atoms with Crippen molar-refractivity contribution in [3.05, 3.63) is 90.9 Å². The fourth-order valence-corrected chi connectivity index (χ4v) is 3.84. The number of ether oxygens (including phenoxy) is 3. The molecular formula is C26H19BrClN3O7. The van der Waals surface area contributed by atoms with Crippen molar-refractivity contribution in [2.75, 3.05) is 19.0 Å². The SMILES string of the molecule is CCOc1cc(/C=C(\C#N)C(=O)Nc2cc([N+](=O)[O-])ccc2Cl)cc(Br)c1OC(=O)c1ccc(OC)cc1. The van der Waals surface area contributed by atoms with Gasteiger partial charge in [0.1, 0.15) is 17.4 Å². The normalized spacial score (nSPS) is 10.8. The van der Waals surface area contributed by atoms with Crippen LogP contribution in [0.15, 0.2) is 64.6 Å². The number of anilines is 1. The molecule has 1 amide bonds. The summed E-state index contributed by atoms with van der Waals surface area (Å²) in [5.41, 5.74) is 0.0416. The summed E-state index contributed by atoms with van der Waals surface area (Å²) in [6.07, 6.45) is 1.28. The van der Waals surface area contributed by atoms with Crippen molar-refractivity contribution < 1.29 is 28.7 Å². The van der Waals surface area contributed by atoms with Crippen LogP contribution in [0.4, 0.5) is 11.4 Å². The number of esters is 1. The average Bonchev–Trinajstić information content (AvgIpc) is 2.90. The summed E-state index contributed by atoms with van der Waals surface area (Å²) in [5, 5.41) is 23.1. The third-order valence-corrected chi connectivity index (χ3v) is 5.86. The summed E-state index contributed by atoms with van der Waals surface area (Å²) in [7, 11) is 1.51. The van der Waals surface area contributed by atoms with Crippen LogP contribution in [0, 0.1) is 21.4 Å². The number of methoxy groups -OCH3 is 1. The zero-order chi connectivity index (χ0) is 27.8. The number of nitrogens with one attached hydrogen (secondary N) is 1. The highest BCUT2D eigenvalue weighted by Crippen LogP contribution is 2.38. The van der Waals surface area contributed by atoms with Gasteiger partial charge >= 0.3 is 5.97 Å². The average molecular weight is 601 g/mol. The molecule has 194 valence electrons. The van der Waals surface area contributed by atoms with Gasteiger partial charge in [0.05, 0.1) is 39.4 Å². The Hall–Kier alpha value is -4.40. The number of hydrogen-bond acceptors (Lipinski definition) is 8. The van der Waals surface area contributed by atoms with Gasteiger partial charge in [-0.15, -0.1) is 0 Å². The Morgan fingerprint density at radius 1 is 1.18 bits per heavy atom. The highest BCUT2D eigenvalue weighted by Gasteiger charge is 2.19. The van der Waals surface area contributed by atoms with E-state index in [1.54, 1.807) is 37.3 Å². The molecule has 0 radical (unpaired) electrons. The van der Waals surface area contributed by atoms with Gasteiger partial charge in [0.2, 0.25) is 0 Å². The molecule has 0 atom stereocenters. The molecule has 0 unspecified atom stereocenters. The van der Waals surface area contributed by atoms with Gasteiger partial charge in [0, 0.05) is 12.1 Å². The zero-order valence-electron chi connectivity index (χ0n) is 20.0. The molecule has 0 fully saturated rings. The standard InChI is InChI=1S/C26H19BrClN3O7/c1-3-37-23-12-15(11-20(27)24(23)38-26(33)16-4-7-19(36-2)8-5-16)10-17(14-29)25(32)30-22-13-18(31(34)35)6-9-21(22)28/h4-13H,3H2,1-2H3,(H,30,32)/b17-10+. The van der Waals surface area contributed by atoms with Crippen LogP contribution in [0.1, 0.15) is 22.8 Å². The molecule has 0 aromatic heterocycles. The number of halogens is 2. The monoisotopic (exact) mass is 599 g/mol. The quantitative estimate of drug-likeness (QED) is 0.0766. The Kier molecular flexibility index (Phi) is 9.43. The van der Waals surface area contributed by atoms with E-state index in [0.717, 1.165) is 6.07 Å². The second-order valence-corrected chi connectivity index (χ2v) is 8.69. The largest absolute Gasteiger partial charge is 0.497 e. The Bertz CT molecular complexity index is 1470. The number of benzene rings is 3. The summed E-state index contributed by atoms with van der Waals surface area (Å²) in [6, 6.07) is 14.7. The maximum absolute atomic E-state index is 12.7. The third-order valence-electron chi connectivity index (χ3n) is 4.94. The number of hydrogen-bond donors (Lipinski definition) is 1. The number of non-ortho nitro benzene ring substituents is 1. The smallest absolute Gasteiger partial charge is 0.343 e. The lowest BCUT2D eigenvalue weighted by Crippen LogP contribution is -2.14. The third kappa shape index (κ3) is 6.88. The lowest BCUT2D eigenvalue weighted by molar-refractivity contribution is -0.384. The van der Waals surface area contributed by atoms with E-state index in [-0.39, 0.29) is 45.6 Å². The summed E-state index contributed by atoms with van der Waals surface area (Å²) < 4.78 is 16.6. The molecule has 0 aliphatic carbocycles. The van der Waals surface area contributed by atoms with Crippen molar-refractivity contribution in [1.82, 2.24) is 0 Å². The van der Waals surface area contributed by atoms with Crippen LogP contribution >= 0.6 is 27.5 Å². The van der Waals surface area contributed by atoms with Crippen LogP contribution < -0.4 is 19.5 Å². The molecule has 3 aromatic rings. The van der Waals surface area contributed by atoms with E-state index < -0.39 is 16.8 Å². The number of rotatable bonds is 9. The zero-order valence-corrected chi connectivity index (χ0v) is 22.3. The number of amides is 1. The Morgan fingerprint density at radius 2 is 1.89 bits per heavy atom. The number of nitriles is 1. The van der Waals surface area contributed by atoms with Crippen molar-refractivity contribution in [3.63, 3.8) is 0 Å². The first-order valence-corrected chi connectivity index (χ1v) is 12.0. The van der Waals surface area contributed by atoms with Crippen LogP contribution in [0.3, 0.4) is 0 Å². The van der Waals surface area contributed by atoms with Gasteiger partial charge < -0.3 is 19.5 Å². The molecule has 3 aromatic carbocycles. The molecule has 0 heterocycles. The second kappa shape index (κ2) is 12.7. The molecular weight excluding hydrogens is 582 g/mol. The molecule has 0 aliphatic rings. The van der Waals surface area contributed by atoms with E-state index in [0.29, 0.717) is 15.8 Å². The predicted molar refractivity (Wildman–Crippen MR) is 144 cm³/mol. The fourth-order valence-electron chi connectivity index (χ4n) is 3.14. The minimum Gasteiger partial charge on any atom is -0.497 e. The fraction of sp³-hybridized carbons (Fsp3) is 0.115. The number of nitro benzene ring substituents is 1. The van der Waals surface area contributed by atoms with Gasteiger partial charge in [0.15, 0.2) is 11.5 Å². The van der Waals surface area contributed by atoms with Crippen molar-refractivity contribution >= 4 is 56.9 Å². The Balaban J connectivity index is 1.89. The number of nitrogens with zero attached hydrogens (tertiary/aromatic N) is 2. The van der Waals surface area contributed by atoms with E-state index >= 15 is 0 Å². The summed E-state index contributed by atoms with van der Waals surface area (Å²) in [5.74, 6) is -0.591. The molecule has 0 bridgehead atoms. The first-order valence-electron chi connectivity index (χ1n) is 10.9. The van der Waals surface area contributed by atoms with Crippen molar-refractivity contribution in [2.45, 2.75) is 6.92 Å². The van der Waals surface area contributed by atoms with Crippen LogP contribution in [0.5, 0.6) is 17.2 Å². The first-order chi connectivity index (χ1) is 18.2. The Morgan fingerprint density at radius 3 is 2.50 bits per heavy atom. The van der Waals surface area contributed by atoms with Gasteiger partial charge in [-0.3, -0.25) is 14.9 Å². The first kappa shape index (κ1) is 28.2.